The van der Waals surface area contributed by atoms with Crippen molar-refractivity contribution in [3.63, 3.8) is 0 Å². The Balaban J connectivity index is 2.76. The van der Waals surface area contributed by atoms with Crippen molar-refractivity contribution < 1.29 is 23.1 Å². The highest BCUT2D eigenvalue weighted by Crippen LogP contribution is 2.32. The van der Waals surface area contributed by atoms with Gasteiger partial charge in [-0.15, -0.1) is 0 Å². The number of halogens is 3. The van der Waals surface area contributed by atoms with Gasteiger partial charge in [0.1, 0.15) is 0 Å². The van der Waals surface area contributed by atoms with Gasteiger partial charge >= 0.3 is 6.18 Å². The second-order valence-electron chi connectivity index (χ2n) is 4.64. The number of aliphatic hydroxyl groups excluding tert-OH is 1. The maximum Gasteiger partial charge on any atom is 0.416 e. The van der Waals surface area contributed by atoms with Crippen molar-refractivity contribution >= 4 is 17.7 Å². The lowest BCUT2D eigenvalue weighted by Gasteiger charge is -2.21. The van der Waals surface area contributed by atoms with Gasteiger partial charge in [-0.25, -0.2) is 0 Å². The van der Waals surface area contributed by atoms with Crippen LogP contribution in [-0.2, 0) is 17.4 Å². The zero-order chi connectivity index (χ0) is 16.0. The van der Waals surface area contributed by atoms with Gasteiger partial charge in [0.25, 0.3) is 0 Å². The second-order valence-corrected chi connectivity index (χ2v) is 5.72. The van der Waals surface area contributed by atoms with Crippen LogP contribution in [-0.4, -0.2) is 35.2 Å². The van der Waals surface area contributed by atoms with E-state index in [1.165, 1.54) is 30.0 Å². The van der Waals surface area contributed by atoms with Crippen molar-refractivity contribution in [2.24, 2.45) is 0 Å². The number of aliphatic hydroxyl groups is 1. The third-order valence-electron chi connectivity index (χ3n) is 3.10. The first kappa shape index (κ1) is 17.8. The first-order chi connectivity index (χ1) is 9.79. The summed E-state index contributed by atoms with van der Waals surface area (Å²) in [5.74, 6) is -0.494. The monoisotopic (exact) mass is 321 g/mol. The predicted octanol–water partition coefficient (Wildman–Crippen LogP) is 2.48. The van der Waals surface area contributed by atoms with E-state index in [9.17, 15) is 18.0 Å². The van der Waals surface area contributed by atoms with E-state index >= 15 is 0 Å². The summed E-state index contributed by atoms with van der Waals surface area (Å²) in [6.07, 6.45) is -3.02. The Morgan fingerprint density at radius 1 is 1.38 bits per heavy atom. The van der Waals surface area contributed by atoms with E-state index in [0.717, 1.165) is 6.07 Å². The van der Waals surface area contributed by atoms with Crippen molar-refractivity contribution in [3.8, 4) is 0 Å². The molecule has 2 N–H and O–H groups in total. The highest BCUT2D eigenvalue weighted by molar-refractivity contribution is 7.99. The van der Waals surface area contributed by atoms with E-state index in [-0.39, 0.29) is 29.9 Å². The van der Waals surface area contributed by atoms with Crippen molar-refractivity contribution in [2.75, 3.05) is 12.9 Å². The van der Waals surface area contributed by atoms with Gasteiger partial charge in [-0.3, -0.25) is 4.79 Å². The molecule has 3 nitrogen and oxygen atoms in total. The van der Waals surface area contributed by atoms with Crippen molar-refractivity contribution in [3.05, 3.63) is 35.4 Å². The molecule has 0 spiro atoms. The highest BCUT2D eigenvalue weighted by Gasteiger charge is 2.33. The molecule has 0 aliphatic rings. The summed E-state index contributed by atoms with van der Waals surface area (Å²) in [6.45, 7) is 1.60. The number of rotatable bonds is 6. The van der Waals surface area contributed by atoms with Crippen LogP contribution in [0.5, 0.6) is 0 Å². The van der Waals surface area contributed by atoms with Gasteiger partial charge in [0, 0.05) is 11.3 Å². The molecule has 2 atom stereocenters. The average Bonchev–Trinajstić information content (AvgIpc) is 2.39. The van der Waals surface area contributed by atoms with Gasteiger partial charge in [0.05, 0.1) is 18.6 Å². The molecule has 1 aromatic carbocycles. The molecule has 0 saturated carbocycles. The minimum atomic E-state index is -4.48. The predicted molar refractivity (Wildman–Crippen MR) is 77.1 cm³/mol. The van der Waals surface area contributed by atoms with Crippen LogP contribution >= 0.6 is 11.8 Å². The molecule has 2 unspecified atom stereocenters. The number of nitrogens with one attached hydrogen (secondary N) is 1. The largest absolute Gasteiger partial charge is 0.416 e. The van der Waals surface area contributed by atoms with Crippen LogP contribution < -0.4 is 5.32 Å². The lowest BCUT2D eigenvalue weighted by atomic mass is 10.0. The third kappa shape index (κ3) is 5.24. The zero-order valence-electron chi connectivity index (χ0n) is 11.8. The van der Waals surface area contributed by atoms with Gasteiger partial charge in [-0.1, -0.05) is 18.2 Å². The Labute approximate surface area is 125 Å². The van der Waals surface area contributed by atoms with Crippen LogP contribution in [0.3, 0.4) is 0 Å². The number of carbonyl (C=O) groups is 1. The molecule has 7 heteroatoms. The zero-order valence-corrected chi connectivity index (χ0v) is 12.6. The Hall–Kier alpha value is -1.21. The van der Waals surface area contributed by atoms with Gasteiger partial charge in [0.15, 0.2) is 0 Å². The molecule has 1 aromatic rings. The number of hydrogen-bond acceptors (Lipinski definition) is 3. The molecule has 0 heterocycles. The quantitative estimate of drug-likeness (QED) is 0.846. The summed E-state index contributed by atoms with van der Waals surface area (Å²) in [4.78, 5) is 11.9. The highest BCUT2D eigenvalue weighted by atomic mass is 32.2. The van der Waals surface area contributed by atoms with E-state index in [2.05, 4.69) is 5.32 Å². The van der Waals surface area contributed by atoms with Crippen molar-refractivity contribution in [2.45, 2.75) is 30.8 Å². The molecular formula is C14H18F3NO2S. The summed E-state index contributed by atoms with van der Waals surface area (Å²) >= 11 is 1.39. The van der Waals surface area contributed by atoms with Crippen LogP contribution in [0.4, 0.5) is 13.2 Å². The summed E-state index contributed by atoms with van der Waals surface area (Å²) in [6, 6.07) is 4.70. The maximum atomic E-state index is 12.8. The second kappa shape index (κ2) is 7.70. The Bertz CT molecular complexity index is 476. The topological polar surface area (TPSA) is 49.3 Å². The lowest BCUT2D eigenvalue weighted by molar-refractivity contribution is -0.138. The molecule has 21 heavy (non-hydrogen) atoms. The molecule has 0 saturated heterocycles. The molecule has 0 radical (unpaired) electrons. The maximum absolute atomic E-state index is 12.8. The summed E-state index contributed by atoms with van der Waals surface area (Å²) in [7, 11) is 0. The van der Waals surface area contributed by atoms with Crippen LogP contribution in [0.15, 0.2) is 24.3 Å². The minimum absolute atomic E-state index is 0.0561. The van der Waals surface area contributed by atoms with Gasteiger partial charge in [0.2, 0.25) is 5.91 Å². The molecular weight excluding hydrogens is 303 g/mol. The van der Waals surface area contributed by atoms with Crippen molar-refractivity contribution in [1.29, 1.82) is 0 Å². The SMILES string of the molecule is CSC(CO)C(C)NC(=O)Cc1ccccc1C(F)(F)F. The Kier molecular flexibility index (Phi) is 6.54. The fraction of sp³-hybridized carbons (Fsp3) is 0.500. The summed E-state index contributed by atoms with van der Waals surface area (Å²) in [5.41, 5.74) is -0.851. The molecule has 118 valence electrons. The molecule has 1 rings (SSSR count). The third-order valence-corrected chi connectivity index (χ3v) is 4.27. The normalized spacial score (nSPS) is 14.6. The molecule has 0 aliphatic carbocycles. The summed E-state index contributed by atoms with van der Waals surface area (Å²) in [5, 5.41) is 11.6. The smallest absolute Gasteiger partial charge is 0.395 e. The Morgan fingerprint density at radius 2 is 2.00 bits per heavy atom. The fourth-order valence-electron chi connectivity index (χ4n) is 1.96. The van der Waals surface area contributed by atoms with E-state index in [1.54, 1.807) is 13.2 Å². The number of amides is 1. The number of benzene rings is 1. The minimum Gasteiger partial charge on any atom is -0.395 e. The van der Waals surface area contributed by atoms with E-state index in [0.29, 0.717) is 0 Å². The first-order valence-corrected chi connectivity index (χ1v) is 7.66. The fourth-order valence-corrected chi connectivity index (χ4v) is 2.58. The number of hydrogen-bond donors (Lipinski definition) is 2. The number of thioether (sulfide) groups is 1. The lowest BCUT2D eigenvalue weighted by Crippen LogP contribution is -2.42. The molecule has 0 aromatic heterocycles. The van der Waals surface area contributed by atoms with Crippen LogP contribution in [0, 0.1) is 0 Å². The van der Waals surface area contributed by atoms with Crippen molar-refractivity contribution in [1.82, 2.24) is 5.32 Å². The molecule has 0 bridgehead atoms. The standard InChI is InChI=1S/C14H18F3NO2S/c1-9(12(8-19)21-2)18-13(20)7-10-5-3-4-6-11(10)14(15,16)17/h3-6,9,12,19H,7-8H2,1-2H3,(H,18,20). The van der Waals surface area contributed by atoms with Crippen LogP contribution in [0.1, 0.15) is 18.1 Å². The van der Waals surface area contributed by atoms with Gasteiger partial charge < -0.3 is 10.4 Å². The number of alkyl halides is 3. The van der Waals surface area contributed by atoms with Gasteiger partial charge in [-0.2, -0.15) is 24.9 Å². The number of carbonyl (C=O) groups excluding carboxylic acids is 1. The molecule has 1 amide bonds. The molecule has 0 fully saturated rings. The van der Waals surface area contributed by atoms with E-state index < -0.39 is 17.6 Å². The average molecular weight is 321 g/mol. The summed E-state index contributed by atoms with van der Waals surface area (Å²) < 4.78 is 38.5. The molecule has 0 aliphatic heterocycles. The Morgan fingerprint density at radius 3 is 2.52 bits per heavy atom. The van der Waals surface area contributed by atoms with E-state index in [1.807, 2.05) is 0 Å². The van der Waals surface area contributed by atoms with E-state index in [4.69, 9.17) is 5.11 Å². The van der Waals surface area contributed by atoms with Gasteiger partial charge in [-0.05, 0) is 24.8 Å². The van der Waals surface area contributed by atoms with Crippen LogP contribution in [0.2, 0.25) is 0 Å². The first-order valence-electron chi connectivity index (χ1n) is 6.37. The van der Waals surface area contributed by atoms with Crippen LogP contribution in [0.25, 0.3) is 0 Å².